The Morgan fingerprint density at radius 1 is 1.44 bits per heavy atom. The van der Waals surface area contributed by atoms with Crippen molar-refractivity contribution in [3.63, 3.8) is 0 Å². The minimum atomic E-state index is -0.702. The van der Waals surface area contributed by atoms with Crippen LogP contribution in [0.15, 0.2) is 6.33 Å². The second-order valence-corrected chi connectivity index (χ2v) is 4.38. The van der Waals surface area contributed by atoms with E-state index in [4.69, 9.17) is 0 Å². The van der Waals surface area contributed by atoms with E-state index in [1.807, 2.05) is 0 Å². The van der Waals surface area contributed by atoms with E-state index in [1.54, 1.807) is 6.33 Å². The molecule has 0 radical (unpaired) electrons. The highest BCUT2D eigenvalue weighted by Gasteiger charge is 2.26. The van der Waals surface area contributed by atoms with E-state index in [0.29, 0.717) is 13.0 Å². The predicted octanol–water partition coefficient (Wildman–Crippen LogP) is 0.670. The molecule has 3 heterocycles. The van der Waals surface area contributed by atoms with Crippen LogP contribution in [0.5, 0.6) is 0 Å². The molecule has 0 amide bonds. The third kappa shape index (κ3) is 1.65. The van der Waals surface area contributed by atoms with Gasteiger partial charge in [0, 0.05) is 18.7 Å². The first kappa shape index (κ1) is 9.96. The molecule has 1 aromatic rings. The Labute approximate surface area is 93.9 Å². The maximum Gasteiger partial charge on any atom is 0.135 e. The van der Waals surface area contributed by atoms with Gasteiger partial charge in [0.05, 0.1) is 12.2 Å². The average Bonchev–Trinajstić information content (AvgIpc) is 2.75. The number of nitrogens with zero attached hydrogens (tertiary/aromatic N) is 3. The maximum absolute atomic E-state index is 13.2. The van der Waals surface area contributed by atoms with Crippen LogP contribution in [-0.4, -0.2) is 35.8 Å². The van der Waals surface area contributed by atoms with Crippen LogP contribution in [0.4, 0.5) is 10.2 Å². The molecule has 5 heteroatoms. The normalized spacial score (nSPS) is 24.6. The molecule has 0 aliphatic carbocycles. The molecule has 0 unspecified atom stereocenters. The Kier molecular flexibility index (Phi) is 2.47. The molecule has 0 saturated carbocycles. The Hall–Kier alpha value is -1.23. The van der Waals surface area contributed by atoms with Crippen molar-refractivity contribution >= 4 is 5.82 Å². The summed E-state index contributed by atoms with van der Waals surface area (Å²) in [5.41, 5.74) is 2.27. The number of hydrogen-bond acceptors (Lipinski definition) is 4. The number of anilines is 1. The summed E-state index contributed by atoms with van der Waals surface area (Å²) in [6.45, 7) is 3.02. The van der Waals surface area contributed by atoms with Crippen LogP contribution in [0.2, 0.25) is 0 Å². The number of fused-ring (bicyclic) bond motifs is 1. The molecule has 1 atom stereocenters. The molecule has 2 aliphatic rings. The van der Waals surface area contributed by atoms with Gasteiger partial charge in [-0.2, -0.15) is 0 Å². The number of alkyl halides is 1. The Morgan fingerprint density at radius 3 is 3.19 bits per heavy atom. The van der Waals surface area contributed by atoms with Gasteiger partial charge in [0.25, 0.3) is 0 Å². The average molecular weight is 222 g/mol. The van der Waals surface area contributed by atoms with Crippen LogP contribution in [0.25, 0.3) is 0 Å². The van der Waals surface area contributed by atoms with Gasteiger partial charge >= 0.3 is 0 Å². The summed E-state index contributed by atoms with van der Waals surface area (Å²) in [5, 5.41) is 3.28. The van der Waals surface area contributed by atoms with Crippen LogP contribution < -0.4 is 10.2 Å². The van der Waals surface area contributed by atoms with Gasteiger partial charge in [-0.15, -0.1) is 0 Å². The quantitative estimate of drug-likeness (QED) is 0.758. The highest BCUT2D eigenvalue weighted by Crippen LogP contribution is 2.26. The molecule has 86 valence electrons. The van der Waals surface area contributed by atoms with E-state index in [2.05, 4.69) is 20.2 Å². The third-order valence-electron chi connectivity index (χ3n) is 3.29. The molecule has 1 N–H and O–H groups in total. The van der Waals surface area contributed by atoms with Crippen molar-refractivity contribution < 1.29 is 4.39 Å². The van der Waals surface area contributed by atoms with Gasteiger partial charge in [0.2, 0.25) is 0 Å². The van der Waals surface area contributed by atoms with E-state index in [9.17, 15) is 4.39 Å². The number of rotatable bonds is 1. The van der Waals surface area contributed by atoms with E-state index >= 15 is 0 Å². The SMILES string of the molecule is F[C@H]1CCN(c2ncnc3c2CCNC3)C1. The molecule has 1 fully saturated rings. The second kappa shape index (κ2) is 3.97. The summed E-state index contributed by atoms with van der Waals surface area (Å²) in [7, 11) is 0. The first-order valence-electron chi connectivity index (χ1n) is 5.77. The minimum Gasteiger partial charge on any atom is -0.353 e. The van der Waals surface area contributed by atoms with E-state index in [0.717, 1.165) is 37.6 Å². The van der Waals surface area contributed by atoms with Crippen molar-refractivity contribution in [1.29, 1.82) is 0 Å². The van der Waals surface area contributed by atoms with Crippen molar-refractivity contribution in [3.05, 3.63) is 17.6 Å². The topological polar surface area (TPSA) is 41.1 Å². The van der Waals surface area contributed by atoms with Gasteiger partial charge in [-0.05, 0) is 19.4 Å². The predicted molar refractivity (Wildman–Crippen MR) is 59.2 cm³/mol. The van der Waals surface area contributed by atoms with Gasteiger partial charge in [0.1, 0.15) is 18.3 Å². The molecule has 3 rings (SSSR count). The minimum absolute atomic E-state index is 0.483. The lowest BCUT2D eigenvalue weighted by molar-refractivity contribution is 0.364. The van der Waals surface area contributed by atoms with Crippen LogP contribution >= 0.6 is 0 Å². The largest absolute Gasteiger partial charge is 0.353 e. The lowest BCUT2D eigenvalue weighted by Crippen LogP contribution is -2.29. The molecule has 1 saturated heterocycles. The molecule has 16 heavy (non-hydrogen) atoms. The van der Waals surface area contributed by atoms with Crippen LogP contribution in [0.3, 0.4) is 0 Å². The van der Waals surface area contributed by atoms with Crippen molar-refractivity contribution in [2.75, 3.05) is 24.5 Å². The Balaban J connectivity index is 1.94. The van der Waals surface area contributed by atoms with Crippen LogP contribution in [0, 0.1) is 0 Å². The van der Waals surface area contributed by atoms with Gasteiger partial charge < -0.3 is 10.2 Å². The summed E-state index contributed by atoms with van der Waals surface area (Å²) in [4.78, 5) is 10.7. The fourth-order valence-electron chi connectivity index (χ4n) is 2.45. The van der Waals surface area contributed by atoms with Gasteiger partial charge in [-0.3, -0.25) is 0 Å². The molecule has 4 nitrogen and oxygen atoms in total. The molecule has 0 aromatic carbocycles. The molecular formula is C11H15FN4. The Morgan fingerprint density at radius 2 is 2.38 bits per heavy atom. The van der Waals surface area contributed by atoms with Gasteiger partial charge in [-0.1, -0.05) is 0 Å². The third-order valence-corrected chi connectivity index (χ3v) is 3.29. The summed E-state index contributed by atoms with van der Waals surface area (Å²) >= 11 is 0. The zero-order chi connectivity index (χ0) is 11.0. The first-order valence-corrected chi connectivity index (χ1v) is 5.77. The molecule has 2 aliphatic heterocycles. The fraction of sp³-hybridized carbons (Fsp3) is 0.636. The summed E-state index contributed by atoms with van der Waals surface area (Å²) < 4.78 is 13.2. The second-order valence-electron chi connectivity index (χ2n) is 4.38. The van der Waals surface area contributed by atoms with Crippen molar-refractivity contribution in [3.8, 4) is 0 Å². The first-order chi connectivity index (χ1) is 7.84. The lowest BCUT2D eigenvalue weighted by Gasteiger charge is -2.24. The van der Waals surface area contributed by atoms with Crippen LogP contribution in [0.1, 0.15) is 17.7 Å². The number of aromatic nitrogens is 2. The van der Waals surface area contributed by atoms with Crippen LogP contribution in [-0.2, 0) is 13.0 Å². The zero-order valence-electron chi connectivity index (χ0n) is 9.12. The molecular weight excluding hydrogens is 207 g/mol. The van der Waals surface area contributed by atoms with Crippen molar-refractivity contribution in [2.45, 2.75) is 25.6 Å². The monoisotopic (exact) mass is 222 g/mol. The smallest absolute Gasteiger partial charge is 0.135 e. The lowest BCUT2D eigenvalue weighted by atomic mass is 10.1. The number of halogens is 1. The molecule has 0 spiro atoms. The van der Waals surface area contributed by atoms with Gasteiger partial charge in [0.15, 0.2) is 0 Å². The Bertz CT molecular complexity index is 396. The van der Waals surface area contributed by atoms with Gasteiger partial charge in [-0.25, -0.2) is 14.4 Å². The maximum atomic E-state index is 13.2. The summed E-state index contributed by atoms with van der Waals surface area (Å²) in [6.07, 6.45) is 2.45. The highest BCUT2D eigenvalue weighted by atomic mass is 19.1. The summed E-state index contributed by atoms with van der Waals surface area (Å²) in [6, 6.07) is 0. The zero-order valence-corrected chi connectivity index (χ0v) is 9.12. The van der Waals surface area contributed by atoms with E-state index in [1.165, 1.54) is 5.56 Å². The van der Waals surface area contributed by atoms with Crippen molar-refractivity contribution in [1.82, 2.24) is 15.3 Å². The standard InChI is InChI=1S/C11H15FN4/c12-8-2-4-16(6-8)11-9-1-3-13-5-10(9)14-7-15-11/h7-8,13H,1-6H2/t8-/m0/s1. The summed E-state index contributed by atoms with van der Waals surface area (Å²) in [5.74, 6) is 0.951. The molecule has 0 bridgehead atoms. The van der Waals surface area contributed by atoms with E-state index in [-0.39, 0.29) is 0 Å². The van der Waals surface area contributed by atoms with E-state index < -0.39 is 6.17 Å². The van der Waals surface area contributed by atoms with Crippen molar-refractivity contribution in [2.24, 2.45) is 0 Å². The highest BCUT2D eigenvalue weighted by molar-refractivity contribution is 5.50. The number of hydrogen-bond donors (Lipinski definition) is 1. The fourth-order valence-corrected chi connectivity index (χ4v) is 2.45. The molecule has 1 aromatic heterocycles. The number of nitrogens with one attached hydrogen (secondary N) is 1.